The summed E-state index contributed by atoms with van der Waals surface area (Å²) in [5, 5.41) is 3.80. The van der Waals surface area contributed by atoms with Crippen molar-refractivity contribution in [3.63, 3.8) is 0 Å². The molecule has 2 aliphatic carbocycles. The first kappa shape index (κ1) is 13.4. The fourth-order valence-electron chi connectivity index (χ4n) is 4.50. The number of hydrogen-bond acceptors (Lipinski definition) is 2. The number of hydrogen-bond donors (Lipinski definition) is 1. The van der Waals surface area contributed by atoms with Crippen LogP contribution >= 0.6 is 0 Å². The lowest BCUT2D eigenvalue weighted by Crippen LogP contribution is -2.50. The van der Waals surface area contributed by atoms with Gasteiger partial charge in [-0.25, -0.2) is 0 Å². The Morgan fingerprint density at radius 3 is 2.37 bits per heavy atom. The Labute approximate surface area is 117 Å². The second-order valence-corrected chi connectivity index (χ2v) is 6.72. The van der Waals surface area contributed by atoms with E-state index in [9.17, 15) is 4.79 Å². The van der Waals surface area contributed by atoms with E-state index in [0.717, 1.165) is 19.4 Å². The van der Waals surface area contributed by atoms with Gasteiger partial charge < -0.3 is 4.90 Å². The van der Waals surface area contributed by atoms with Crippen molar-refractivity contribution in [1.29, 1.82) is 0 Å². The van der Waals surface area contributed by atoms with Crippen LogP contribution in [0.15, 0.2) is 0 Å². The molecule has 108 valence electrons. The van der Waals surface area contributed by atoms with Gasteiger partial charge in [0.25, 0.3) is 0 Å². The molecule has 3 nitrogen and oxygen atoms in total. The predicted molar refractivity (Wildman–Crippen MR) is 76.7 cm³/mol. The molecule has 1 saturated heterocycles. The van der Waals surface area contributed by atoms with E-state index in [4.69, 9.17) is 0 Å². The maximum Gasteiger partial charge on any atom is 0.244 e. The van der Waals surface area contributed by atoms with Crippen molar-refractivity contribution < 1.29 is 4.79 Å². The van der Waals surface area contributed by atoms with E-state index in [1.54, 1.807) is 0 Å². The summed E-state index contributed by atoms with van der Waals surface area (Å²) in [7, 11) is 0. The summed E-state index contributed by atoms with van der Waals surface area (Å²) in [5.41, 5.74) is -0.184. The zero-order valence-electron chi connectivity index (χ0n) is 12.3. The minimum Gasteiger partial charge on any atom is -0.326 e. The van der Waals surface area contributed by atoms with E-state index in [2.05, 4.69) is 17.1 Å². The highest BCUT2D eigenvalue weighted by molar-refractivity contribution is 5.89. The lowest BCUT2D eigenvalue weighted by atomic mass is 9.81. The van der Waals surface area contributed by atoms with E-state index < -0.39 is 0 Å². The number of carbonyl (C=O) groups is 1. The molecule has 0 radical (unpaired) electrons. The summed E-state index contributed by atoms with van der Waals surface area (Å²) in [5.74, 6) is 1.10. The maximum absolute atomic E-state index is 12.8. The SMILES string of the molecule is CCN1C(=O)C2(CCCCC2)NC1C1CCCCC1. The van der Waals surface area contributed by atoms with Crippen LogP contribution in [0.2, 0.25) is 0 Å². The van der Waals surface area contributed by atoms with Gasteiger partial charge >= 0.3 is 0 Å². The van der Waals surface area contributed by atoms with Crippen LogP contribution in [-0.4, -0.2) is 29.1 Å². The summed E-state index contributed by atoms with van der Waals surface area (Å²) in [6, 6.07) is 0. The Morgan fingerprint density at radius 1 is 1.11 bits per heavy atom. The summed E-state index contributed by atoms with van der Waals surface area (Å²) in [4.78, 5) is 15.0. The monoisotopic (exact) mass is 264 g/mol. The molecule has 19 heavy (non-hydrogen) atoms. The van der Waals surface area contributed by atoms with Gasteiger partial charge in [-0.2, -0.15) is 0 Å². The largest absolute Gasteiger partial charge is 0.326 e. The van der Waals surface area contributed by atoms with E-state index in [1.807, 2.05) is 0 Å². The fourth-order valence-corrected chi connectivity index (χ4v) is 4.50. The predicted octanol–water partition coefficient (Wildman–Crippen LogP) is 3.05. The first-order chi connectivity index (χ1) is 9.27. The second-order valence-electron chi connectivity index (χ2n) is 6.72. The Bertz CT molecular complexity index is 330. The standard InChI is InChI=1S/C16H28N2O/c1-2-18-14(13-9-5-3-6-10-13)17-16(15(18)19)11-7-4-8-12-16/h13-14,17H,2-12H2,1H3. The van der Waals surface area contributed by atoms with Gasteiger partial charge in [0.05, 0.1) is 11.7 Å². The van der Waals surface area contributed by atoms with Crippen molar-refractivity contribution in [3.8, 4) is 0 Å². The van der Waals surface area contributed by atoms with Gasteiger partial charge in [-0.3, -0.25) is 10.1 Å². The molecule has 3 heteroatoms. The summed E-state index contributed by atoms with van der Waals surface area (Å²) in [6.07, 6.45) is 12.9. The van der Waals surface area contributed by atoms with Gasteiger partial charge in [-0.1, -0.05) is 38.5 Å². The molecule has 1 atom stereocenters. The number of likely N-dealkylation sites (N-methyl/N-ethyl adjacent to an activating group) is 1. The van der Waals surface area contributed by atoms with Crippen molar-refractivity contribution in [2.75, 3.05) is 6.54 Å². The second kappa shape index (κ2) is 5.43. The average Bonchev–Trinajstić information content (AvgIpc) is 2.74. The highest BCUT2D eigenvalue weighted by Gasteiger charge is 2.52. The van der Waals surface area contributed by atoms with Crippen LogP contribution in [0, 0.1) is 5.92 Å². The Balaban J connectivity index is 1.78. The lowest BCUT2D eigenvalue weighted by Gasteiger charge is -2.34. The Hall–Kier alpha value is -0.570. The molecule has 3 rings (SSSR count). The minimum absolute atomic E-state index is 0.184. The molecule has 0 aromatic rings. The molecule has 0 bridgehead atoms. The normalized spacial score (nSPS) is 32.2. The number of nitrogens with zero attached hydrogens (tertiary/aromatic N) is 1. The molecule has 1 N–H and O–H groups in total. The van der Waals surface area contributed by atoms with E-state index in [-0.39, 0.29) is 5.54 Å². The van der Waals surface area contributed by atoms with Gasteiger partial charge in [0.1, 0.15) is 0 Å². The maximum atomic E-state index is 12.8. The summed E-state index contributed by atoms with van der Waals surface area (Å²) in [6.45, 7) is 3.01. The third-order valence-electron chi connectivity index (χ3n) is 5.57. The van der Waals surface area contributed by atoms with Crippen LogP contribution < -0.4 is 5.32 Å². The van der Waals surface area contributed by atoms with Crippen molar-refractivity contribution in [2.24, 2.45) is 5.92 Å². The van der Waals surface area contributed by atoms with Gasteiger partial charge in [-0.15, -0.1) is 0 Å². The molecule has 0 aromatic heterocycles. The van der Waals surface area contributed by atoms with E-state index in [1.165, 1.54) is 51.4 Å². The zero-order chi connectivity index (χ0) is 13.3. The molecular weight excluding hydrogens is 236 g/mol. The molecule has 1 spiro atoms. The van der Waals surface area contributed by atoms with Crippen molar-refractivity contribution in [2.45, 2.75) is 82.8 Å². The third-order valence-corrected chi connectivity index (χ3v) is 5.57. The molecule has 1 heterocycles. The highest BCUT2D eigenvalue weighted by Crippen LogP contribution is 2.39. The molecule has 3 fully saturated rings. The number of nitrogens with one attached hydrogen (secondary N) is 1. The van der Waals surface area contributed by atoms with Gasteiger partial charge in [-0.05, 0) is 38.5 Å². The van der Waals surface area contributed by atoms with Gasteiger partial charge in [0, 0.05) is 6.54 Å². The molecular formula is C16H28N2O. The molecule has 2 saturated carbocycles. The number of amides is 1. The van der Waals surface area contributed by atoms with Crippen LogP contribution in [0.4, 0.5) is 0 Å². The first-order valence-electron chi connectivity index (χ1n) is 8.35. The lowest BCUT2D eigenvalue weighted by molar-refractivity contribution is -0.134. The third kappa shape index (κ3) is 2.31. The van der Waals surface area contributed by atoms with Crippen LogP contribution in [-0.2, 0) is 4.79 Å². The van der Waals surface area contributed by atoms with Gasteiger partial charge in [0.2, 0.25) is 5.91 Å². The molecule has 0 aromatic carbocycles. The average molecular weight is 264 g/mol. The molecule has 1 amide bonds. The summed E-state index contributed by atoms with van der Waals surface area (Å²) < 4.78 is 0. The van der Waals surface area contributed by atoms with Crippen molar-refractivity contribution in [1.82, 2.24) is 10.2 Å². The molecule has 1 unspecified atom stereocenters. The first-order valence-corrected chi connectivity index (χ1v) is 8.35. The van der Waals surface area contributed by atoms with Gasteiger partial charge in [0.15, 0.2) is 0 Å². The minimum atomic E-state index is -0.184. The Morgan fingerprint density at radius 2 is 1.74 bits per heavy atom. The van der Waals surface area contributed by atoms with E-state index >= 15 is 0 Å². The zero-order valence-corrected chi connectivity index (χ0v) is 12.3. The van der Waals surface area contributed by atoms with Crippen molar-refractivity contribution >= 4 is 5.91 Å². The summed E-state index contributed by atoms with van der Waals surface area (Å²) >= 11 is 0. The quantitative estimate of drug-likeness (QED) is 0.831. The van der Waals surface area contributed by atoms with Crippen LogP contribution in [0.1, 0.15) is 71.1 Å². The van der Waals surface area contributed by atoms with Crippen LogP contribution in [0.5, 0.6) is 0 Å². The molecule has 1 aliphatic heterocycles. The topological polar surface area (TPSA) is 32.3 Å². The van der Waals surface area contributed by atoms with Crippen molar-refractivity contribution in [3.05, 3.63) is 0 Å². The fraction of sp³-hybridized carbons (Fsp3) is 0.938. The number of rotatable bonds is 2. The van der Waals surface area contributed by atoms with E-state index in [0.29, 0.717) is 18.0 Å². The van der Waals surface area contributed by atoms with Crippen LogP contribution in [0.3, 0.4) is 0 Å². The highest BCUT2D eigenvalue weighted by atomic mass is 16.2. The van der Waals surface area contributed by atoms with Crippen LogP contribution in [0.25, 0.3) is 0 Å². The smallest absolute Gasteiger partial charge is 0.244 e. The molecule has 3 aliphatic rings. The number of carbonyl (C=O) groups excluding carboxylic acids is 1. The Kier molecular flexibility index (Phi) is 3.84.